The fourth-order valence-corrected chi connectivity index (χ4v) is 2.66. The van der Waals surface area contributed by atoms with Gasteiger partial charge in [0.2, 0.25) is 5.95 Å². The van der Waals surface area contributed by atoms with Crippen molar-refractivity contribution in [2.24, 2.45) is 0 Å². The van der Waals surface area contributed by atoms with Gasteiger partial charge in [-0.3, -0.25) is 4.79 Å². The number of nitrogens with zero attached hydrogens (tertiary/aromatic N) is 2. The fraction of sp³-hybridized carbons (Fsp3) is 0.211. The van der Waals surface area contributed by atoms with Gasteiger partial charge in [-0.1, -0.05) is 0 Å². The van der Waals surface area contributed by atoms with Crippen LogP contribution in [0.3, 0.4) is 0 Å². The maximum absolute atomic E-state index is 12.6. The Hall–Kier alpha value is -3.55. The highest BCUT2D eigenvalue weighted by molar-refractivity contribution is 6.03. The number of carbonyl (C=O) groups excluding carboxylic acids is 1. The van der Waals surface area contributed by atoms with E-state index in [4.69, 9.17) is 13.9 Å². The van der Waals surface area contributed by atoms with Gasteiger partial charge in [0.1, 0.15) is 24.7 Å². The number of aromatic nitrogens is 2. The molecule has 1 amide bonds. The second-order valence-corrected chi connectivity index (χ2v) is 5.96. The number of hydrogen-bond donors (Lipinski definition) is 2. The van der Waals surface area contributed by atoms with Crippen LogP contribution in [0.25, 0.3) is 0 Å². The first kappa shape index (κ1) is 16.9. The van der Waals surface area contributed by atoms with Gasteiger partial charge in [0.25, 0.3) is 5.91 Å². The third-order valence-electron chi connectivity index (χ3n) is 3.89. The van der Waals surface area contributed by atoms with E-state index in [0.717, 1.165) is 5.76 Å². The van der Waals surface area contributed by atoms with Crippen LogP contribution in [0.5, 0.6) is 11.5 Å². The summed E-state index contributed by atoms with van der Waals surface area (Å²) < 4.78 is 16.3. The molecule has 0 spiro atoms. The summed E-state index contributed by atoms with van der Waals surface area (Å²) >= 11 is 0. The summed E-state index contributed by atoms with van der Waals surface area (Å²) in [5, 5.41) is 5.88. The highest BCUT2D eigenvalue weighted by atomic mass is 16.6. The summed E-state index contributed by atoms with van der Waals surface area (Å²) in [6.07, 6.45) is 1.60. The minimum absolute atomic E-state index is 0.263. The molecular formula is C19H18N4O4. The lowest BCUT2D eigenvalue weighted by Crippen LogP contribution is -2.18. The Morgan fingerprint density at radius 2 is 1.96 bits per heavy atom. The number of hydrogen-bond acceptors (Lipinski definition) is 7. The van der Waals surface area contributed by atoms with Crippen LogP contribution in [0.1, 0.15) is 21.9 Å². The maximum Gasteiger partial charge on any atom is 0.274 e. The minimum Gasteiger partial charge on any atom is -0.486 e. The zero-order valence-corrected chi connectivity index (χ0v) is 14.7. The van der Waals surface area contributed by atoms with Crippen molar-refractivity contribution in [2.45, 2.75) is 13.5 Å². The van der Waals surface area contributed by atoms with Gasteiger partial charge in [-0.25, -0.2) is 9.97 Å². The summed E-state index contributed by atoms with van der Waals surface area (Å²) in [5.41, 5.74) is 1.55. The van der Waals surface area contributed by atoms with E-state index in [1.54, 1.807) is 43.5 Å². The molecule has 8 nitrogen and oxygen atoms in total. The molecule has 0 atom stereocenters. The number of benzene rings is 1. The SMILES string of the molecule is Cc1cc(C(=O)Nc2ccc3c(c2)OCCO3)nc(NCc2ccco2)n1. The van der Waals surface area contributed by atoms with Gasteiger partial charge in [0.15, 0.2) is 11.5 Å². The first-order valence-corrected chi connectivity index (χ1v) is 8.50. The van der Waals surface area contributed by atoms with Gasteiger partial charge in [-0.05, 0) is 37.3 Å². The molecule has 0 aliphatic carbocycles. The monoisotopic (exact) mass is 366 g/mol. The van der Waals surface area contributed by atoms with Gasteiger partial charge in [-0.15, -0.1) is 0 Å². The third-order valence-corrected chi connectivity index (χ3v) is 3.89. The lowest BCUT2D eigenvalue weighted by Gasteiger charge is -2.19. The number of rotatable bonds is 5. The van der Waals surface area contributed by atoms with Gasteiger partial charge in [0.05, 0.1) is 12.8 Å². The molecule has 138 valence electrons. The zero-order valence-electron chi connectivity index (χ0n) is 14.7. The highest BCUT2D eigenvalue weighted by Gasteiger charge is 2.15. The molecule has 8 heteroatoms. The largest absolute Gasteiger partial charge is 0.486 e. The Balaban J connectivity index is 1.48. The van der Waals surface area contributed by atoms with Gasteiger partial charge in [-0.2, -0.15) is 0 Å². The smallest absolute Gasteiger partial charge is 0.274 e. The molecule has 3 heterocycles. The van der Waals surface area contributed by atoms with E-state index < -0.39 is 0 Å². The summed E-state index contributed by atoms with van der Waals surface area (Å²) in [4.78, 5) is 21.2. The molecule has 0 unspecified atom stereocenters. The van der Waals surface area contributed by atoms with Crippen molar-refractivity contribution < 1.29 is 18.7 Å². The van der Waals surface area contributed by atoms with Crippen molar-refractivity contribution in [3.05, 3.63) is 59.8 Å². The van der Waals surface area contributed by atoms with Gasteiger partial charge in [0, 0.05) is 17.4 Å². The molecule has 0 saturated carbocycles. The highest BCUT2D eigenvalue weighted by Crippen LogP contribution is 2.32. The van der Waals surface area contributed by atoms with Crippen molar-refractivity contribution in [1.82, 2.24) is 9.97 Å². The summed E-state index contributed by atoms with van der Waals surface area (Å²) in [6, 6.07) is 10.5. The molecule has 1 aromatic carbocycles. The first-order valence-electron chi connectivity index (χ1n) is 8.50. The van der Waals surface area contributed by atoms with Crippen LogP contribution in [-0.4, -0.2) is 29.1 Å². The Kier molecular flexibility index (Phi) is 4.61. The van der Waals surface area contributed by atoms with Gasteiger partial charge < -0.3 is 24.5 Å². The Morgan fingerprint density at radius 1 is 1.11 bits per heavy atom. The van der Waals surface area contributed by atoms with Crippen molar-refractivity contribution in [2.75, 3.05) is 23.8 Å². The van der Waals surface area contributed by atoms with Crippen LogP contribution < -0.4 is 20.1 Å². The predicted octanol–water partition coefficient (Wildman–Crippen LogP) is 3.01. The van der Waals surface area contributed by atoms with E-state index >= 15 is 0 Å². The zero-order chi connectivity index (χ0) is 18.6. The molecule has 1 aliphatic heterocycles. The Bertz CT molecular complexity index is 956. The van der Waals surface area contributed by atoms with E-state index in [-0.39, 0.29) is 11.6 Å². The van der Waals surface area contributed by atoms with Crippen LogP contribution in [0, 0.1) is 6.92 Å². The molecule has 2 aromatic heterocycles. The number of amides is 1. The van der Waals surface area contributed by atoms with Crippen LogP contribution in [0.4, 0.5) is 11.6 Å². The minimum atomic E-state index is -0.335. The summed E-state index contributed by atoms with van der Waals surface area (Å²) in [7, 11) is 0. The van der Waals surface area contributed by atoms with Crippen LogP contribution in [0.2, 0.25) is 0 Å². The molecule has 4 rings (SSSR count). The van der Waals surface area contributed by atoms with Crippen LogP contribution in [0.15, 0.2) is 47.1 Å². The molecule has 0 bridgehead atoms. The lowest BCUT2D eigenvalue weighted by molar-refractivity contribution is 0.102. The molecule has 0 radical (unpaired) electrons. The Labute approximate surface area is 155 Å². The van der Waals surface area contributed by atoms with Crippen molar-refractivity contribution in [3.8, 4) is 11.5 Å². The molecule has 1 aliphatic rings. The average molecular weight is 366 g/mol. The lowest BCUT2D eigenvalue weighted by atomic mass is 10.2. The second-order valence-electron chi connectivity index (χ2n) is 5.96. The van der Waals surface area contributed by atoms with E-state index in [1.807, 2.05) is 6.07 Å². The molecule has 3 aromatic rings. The van der Waals surface area contributed by atoms with Crippen molar-refractivity contribution in [3.63, 3.8) is 0 Å². The van der Waals surface area contributed by atoms with Crippen LogP contribution in [-0.2, 0) is 6.54 Å². The number of aryl methyl sites for hydroxylation is 1. The third kappa shape index (κ3) is 4.00. The molecule has 27 heavy (non-hydrogen) atoms. The number of fused-ring (bicyclic) bond motifs is 1. The standard InChI is InChI=1S/C19H18N4O4/c1-12-9-15(23-19(21-12)20-11-14-3-2-6-25-14)18(24)22-13-4-5-16-17(10-13)27-8-7-26-16/h2-6,9-10H,7-8,11H2,1H3,(H,22,24)(H,20,21,23). The van der Waals surface area contributed by atoms with Crippen molar-refractivity contribution >= 4 is 17.5 Å². The Morgan fingerprint density at radius 3 is 2.78 bits per heavy atom. The molecule has 0 saturated heterocycles. The van der Waals surface area contributed by atoms with E-state index in [2.05, 4.69) is 20.6 Å². The number of ether oxygens (including phenoxy) is 2. The molecular weight excluding hydrogens is 348 g/mol. The quantitative estimate of drug-likeness (QED) is 0.716. The maximum atomic E-state index is 12.6. The predicted molar refractivity (Wildman–Crippen MR) is 98.2 cm³/mol. The number of nitrogens with one attached hydrogen (secondary N) is 2. The van der Waals surface area contributed by atoms with Crippen LogP contribution >= 0.6 is 0 Å². The summed E-state index contributed by atoms with van der Waals surface area (Å²) in [5.74, 6) is 2.06. The van der Waals surface area contributed by atoms with E-state index in [0.29, 0.717) is 48.6 Å². The second kappa shape index (κ2) is 7.36. The fourth-order valence-electron chi connectivity index (χ4n) is 2.66. The topological polar surface area (TPSA) is 98.5 Å². The average Bonchev–Trinajstić information content (AvgIpc) is 3.19. The molecule has 0 fully saturated rings. The van der Waals surface area contributed by atoms with E-state index in [9.17, 15) is 4.79 Å². The molecule has 2 N–H and O–H groups in total. The number of anilines is 2. The number of furan rings is 1. The normalized spacial score (nSPS) is 12.5. The van der Waals surface area contributed by atoms with Gasteiger partial charge >= 0.3 is 0 Å². The summed E-state index contributed by atoms with van der Waals surface area (Å²) in [6.45, 7) is 3.24. The van der Waals surface area contributed by atoms with E-state index in [1.165, 1.54) is 0 Å². The number of carbonyl (C=O) groups is 1. The first-order chi connectivity index (χ1) is 13.2. The van der Waals surface area contributed by atoms with Crippen molar-refractivity contribution in [1.29, 1.82) is 0 Å².